The second-order valence-electron chi connectivity index (χ2n) is 30.5. The van der Waals surface area contributed by atoms with Gasteiger partial charge in [-0.3, -0.25) is 9.59 Å². The molecule has 1 aliphatic heterocycles. The Morgan fingerprint density at radius 1 is 0.354 bits per heavy atom. The summed E-state index contributed by atoms with van der Waals surface area (Å²) in [6, 6.07) is 69.3. The van der Waals surface area contributed by atoms with E-state index in [-0.39, 0.29) is 72.1 Å². The zero-order valence-corrected chi connectivity index (χ0v) is 68.5. The predicted octanol–water partition coefficient (Wildman–Crippen LogP) is 22.7. The van der Waals surface area contributed by atoms with Crippen molar-refractivity contribution in [2.75, 3.05) is 19.8 Å². The van der Waals surface area contributed by atoms with Crippen molar-refractivity contribution in [1.29, 1.82) is 0 Å². The summed E-state index contributed by atoms with van der Waals surface area (Å²) >= 11 is 0. The molecule has 0 N–H and O–H groups in total. The number of rotatable bonds is 60. The van der Waals surface area contributed by atoms with Crippen molar-refractivity contribution < 1.29 is 75.3 Å². The smallest absolute Gasteiger partial charge is 0.462 e. The van der Waals surface area contributed by atoms with Crippen LogP contribution in [-0.4, -0.2) is 99.1 Å². The third-order valence-electron chi connectivity index (χ3n) is 21.1. The van der Waals surface area contributed by atoms with Gasteiger partial charge in [0.25, 0.3) is 0 Å². The van der Waals surface area contributed by atoms with Crippen LogP contribution in [-0.2, 0) is 122 Å². The van der Waals surface area contributed by atoms with Gasteiger partial charge in [0.15, 0.2) is 18.5 Å². The van der Waals surface area contributed by atoms with Crippen LogP contribution in [0.1, 0.15) is 239 Å². The summed E-state index contributed by atoms with van der Waals surface area (Å²) in [5.74, 6) is -0.871. The summed E-state index contributed by atoms with van der Waals surface area (Å²) in [5, 5.41) is 0. The molecule has 17 heteroatoms. The minimum absolute atomic E-state index is 0.0560. The van der Waals surface area contributed by atoms with E-state index in [4.69, 9.17) is 61.2 Å². The number of carbonyl (C=O) groups excluding carboxylic acids is 2. The SMILES string of the molecule is CCCCCCCCCCCCCCCC(=O)OC[C@H](CO[P+](=O)O[C@@H]1[C@H](OCc2ccccc2)[C@H](OCc2ccccc2)[C@@H](OCc2ccccc2)[C@H](OCc2ccccc2)[C@H]1O[C@@H]1C[C@@H](OCc2ccccc2)[C@H](OCc2ccccc2)[C@@H](COCc2ccccc2)O1)OC(=O)CCCCCCCCCCCCCCC. The molecule has 1 saturated carbocycles. The topological polar surface area (TPSA) is 171 Å². The second kappa shape index (κ2) is 55.7. The number of hydrogen-bond acceptors (Lipinski definition) is 16. The van der Waals surface area contributed by atoms with Crippen LogP contribution < -0.4 is 0 Å². The average Bonchev–Trinajstić information content (AvgIpc) is 0.756. The molecule has 16 nitrogen and oxygen atoms in total. The molecular formula is C96H130O16P+. The molecule has 2 fully saturated rings. The molecule has 12 atom stereocenters. The Balaban J connectivity index is 1.02. The Hall–Kier alpha value is -6.86. The largest absolute Gasteiger partial charge is 0.698 e. The molecule has 0 bridgehead atoms. The van der Waals surface area contributed by atoms with Crippen LogP contribution in [0.3, 0.4) is 0 Å². The van der Waals surface area contributed by atoms with Gasteiger partial charge in [-0.05, 0) is 51.8 Å². The van der Waals surface area contributed by atoms with E-state index in [9.17, 15) is 9.59 Å². The minimum atomic E-state index is -3.20. The Kier molecular flexibility index (Phi) is 44.4. The fourth-order valence-electron chi connectivity index (χ4n) is 14.8. The lowest BCUT2D eigenvalue weighted by Crippen LogP contribution is -2.68. The summed E-state index contributed by atoms with van der Waals surface area (Å²) in [6.45, 7) is 5.01. The molecule has 0 amide bonds. The number of unbranched alkanes of at least 4 members (excludes halogenated alkanes) is 24. The van der Waals surface area contributed by atoms with E-state index >= 15 is 4.57 Å². The van der Waals surface area contributed by atoms with Gasteiger partial charge in [0.1, 0.15) is 55.9 Å². The Bertz CT molecular complexity index is 3550. The van der Waals surface area contributed by atoms with Gasteiger partial charge in [0, 0.05) is 23.8 Å². The van der Waals surface area contributed by atoms with Crippen LogP contribution in [0.25, 0.3) is 0 Å². The highest BCUT2D eigenvalue weighted by Gasteiger charge is 2.59. The standard InChI is InChI=1S/C96H130O16P/c1-3-5-7-9-11-13-15-17-19-21-23-25-48-64-87(97)102-74-84(109-88(98)65-49-26-24-22-20-18-16-14-12-10-8-6-4-2)75-108-113(99)112-96-94(107-73-83-62-46-33-47-63-83)92(105-71-81-58-42-31-43-59-81)91(104-70-80-56-40-30-41-57-80)93(106-72-82-60-44-32-45-61-82)95(96)111-89-66-85(101-68-78-52-36-28-37-53-78)90(103-69-79-54-38-29-39-55-79)86(110-89)76-100-67-77-50-34-27-35-51-77/h27-47,50-63,84-86,89-96H,3-26,48-49,64-76H2,1-2H3/q+1/t84-,85-,86-,89-,90+,91-,92-,93+,94-,95-,96-/m1/s1. The lowest BCUT2D eigenvalue weighted by atomic mass is 9.83. The van der Waals surface area contributed by atoms with Crippen molar-refractivity contribution in [3.8, 4) is 0 Å². The zero-order chi connectivity index (χ0) is 78.6. The van der Waals surface area contributed by atoms with Gasteiger partial charge in [0.2, 0.25) is 0 Å². The zero-order valence-electron chi connectivity index (χ0n) is 67.6. The lowest BCUT2D eigenvalue weighted by Gasteiger charge is -2.49. The van der Waals surface area contributed by atoms with Crippen LogP contribution in [0, 0.1) is 0 Å². The van der Waals surface area contributed by atoms with Crippen LogP contribution in [0.5, 0.6) is 0 Å². The Labute approximate surface area is 676 Å². The van der Waals surface area contributed by atoms with Crippen molar-refractivity contribution in [3.05, 3.63) is 251 Å². The molecule has 113 heavy (non-hydrogen) atoms. The normalized spacial score (nSPS) is 20.0. The fraction of sp³-hybridized carbons (Fsp3) is 0.542. The van der Waals surface area contributed by atoms with E-state index in [1.807, 2.05) is 212 Å². The number of carbonyl (C=O) groups is 2. The number of benzene rings is 7. The van der Waals surface area contributed by atoms with Crippen molar-refractivity contribution in [2.24, 2.45) is 0 Å². The molecule has 7 aromatic carbocycles. The third-order valence-corrected chi connectivity index (χ3v) is 21.9. The molecule has 7 aromatic rings. The number of hydrogen-bond donors (Lipinski definition) is 0. The predicted molar refractivity (Wildman–Crippen MR) is 444 cm³/mol. The number of esters is 2. The minimum Gasteiger partial charge on any atom is -0.462 e. The highest BCUT2D eigenvalue weighted by atomic mass is 31.1. The van der Waals surface area contributed by atoms with E-state index in [0.29, 0.717) is 19.4 Å². The Morgan fingerprint density at radius 2 is 0.664 bits per heavy atom. The van der Waals surface area contributed by atoms with Gasteiger partial charge in [-0.15, -0.1) is 9.05 Å². The highest BCUT2D eigenvalue weighted by Crippen LogP contribution is 2.43. The van der Waals surface area contributed by atoms with E-state index in [1.54, 1.807) is 0 Å². The molecule has 2 aliphatic rings. The van der Waals surface area contributed by atoms with E-state index < -0.39 is 94.1 Å². The van der Waals surface area contributed by atoms with Crippen molar-refractivity contribution >= 4 is 20.2 Å². The van der Waals surface area contributed by atoms with Crippen molar-refractivity contribution in [3.63, 3.8) is 0 Å². The maximum absolute atomic E-state index is 15.6. The monoisotopic (exact) mass is 1570 g/mol. The summed E-state index contributed by atoms with van der Waals surface area (Å²) < 4.78 is 106. The quantitative estimate of drug-likeness (QED) is 0.0200. The highest BCUT2D eigenvalue weighted by molar-refractivity contribution is 7.33. The Morgan fingerprint density at radius 3 is 1.04 bits per heavy atom. The molecule has 9 rings (SSSR count). The van der Waals surface area contributed by atoms with Gasteiger partial charge in [-0.1, -0.05) is 380 Å². The van der Waals surface area contributed by atoms with Crippen LogP contribution in [0.2, 0.25) is 0 Å². The first-order valence-corrected chi connectivity index (χ1v) is 43.9. The van der Waals surface area contributed by atoms with E-state index in [2.05, 4.69) is 13.8 Å². The summed E-state index contributed by atoms with van der Waals surface area (Å²) in [5.41, 5.74) is 6.39. The first kappa shape index (κ1) is 90.1. The fourth-order valence-corrected chi connectivity index (χ4v) is 15.6. The number of ether oxygens (including phenoxy) is 11. The molecule has 1 heterocycles. The van der Waals surface area contributed by atoms with E-state index in [1.165, 1.54) is 116 Å². The van der Waals surface area contributed by atoms with Crippen LogP contribution in [0.15, 0.2) is 212 Å². The maximum Gasteiger partial charge on any atom is 0.698 e. The van der Waals surface area contributed by atoms with Crippen LogP contribution >= 0.6 is 8.25 Å². The molecular weight excluding hydrogens is 1440 g/mol. The van der Waals surface area contributed by atoms with Gasteiger partial charge in [-0.25, -0.2) is 0 Å². The van der Waals surface area contributed by atoms with Gasteiger partial charge in [-0.2, -0.15) is 0 Å². The molecule has 0 radical (unpaired) electrons. The van der Waals surface area contributed by atoms with Crippen molar-refractivity contribution in [2.45, 2.75) is 314 Å². The first-order chi connectivity index (χ1) is 55.8. The van der Waals surface area contributed by atoms with Gasteiger partial charge < -0.3 is 52.1 Å². The molecule has 1 aliphatic carbocycles. The maximum atomic E-state index is 15.6. The summed E-state index contributed by atoms with van der Waals surface area (Å²) in [7, 11) is -3.20. The first-order valence-electron chi connectivity index (χ1n) is 42.8. The molecule has 0 aromatic heterocycles. The van der Waals surface area contributed by atoms with Crippen molar-refractivity contribution in [1.82, 2.24) is 0 Å². The average molecular weight is 1570 g/mol. The van der Waals surface area contributed by atoms with E-state index in [0.717, 1.165) is 77.5 Å². The summed E-state index contributed by atoms with van der Waals surface area (Å²) in [6.07, 6.45) is 19.8. The molecule has 1 unspecified atom stereocenters. The molecule has 1 saturated heterocycles. The molecule has 0 spiro atoms. The second-order valence-corrected chi connectivity index (χ2v) is 31.4. The summed E-state index contributed by atoms with van der Waals surface area (Å²) in [4.78, 5) is 27.6. The van der Waals surface area contributed by atoms with Gasteiger partial charge >= 0.3 is 20.2 Å². The third kappa shape index (κ3) is 35.6. The van der Waals surface area contributed by atoms with Crippen LogP contribution in [0.4, 0.5) is 0 Å². The lowest BCUT2D eigenvalue weighted by molar-refractivity contribution is -0.331. The molecule has 614 valence electrons. The van der Waals surface area contributed by atoms with Gasteiger partial charge in [0.05, 0.1) is 59.0 Å².